The van der Waals surface area contributed by atoms with Crippen LogP contribution in [0.25, 0.3) is 10.2 Å². The minimum absolute atomic E-state index is 0.0248. The molecule has 0 aliphatic heterocycles. The zero-order valence-electron chi connectivity index (χ0n) is 18.8. The number of anilines is 1. The Hall–Kier alpha value is -3.45. The highest BCUT2D eigenvalue weighted by atomic mass is 32.1. The molecule has 2 N–H and O–H groups in total. The Bertz CT molecular complexity index is 1210. The number of rotatable bonds is 9. The predicted octanol–water partition coefficient (Wildman–Crippen LogP) is 5.81. The molecule has 0 aliphatic carbocycles. The molecule has 170 valence electrons. The van der Waals surface area contributed by atoms with Crippen molar-refractivity contribution in [2.24, 2.45) is 5.41 Å². The van der Waals surface area contributed by atoms with Crippen LogP contribution in [0.5, 0.6) is 0 Å². The third kappa shape index (κ3) is 5.14. The van der Waals surface area contributed by atoms with Crippen molar-refractivity contribution in [2.45, 2.75) is 39.7 Å². The van der Waals surface area contributed by atoms with Gasteiger partial charge in [0.25, 0.3) is 5.91 Å². The summed E-state index contributed by atoms with van der Waals surface area (Å²) >= 11 is 1.65. The number of hydrogen-bond donors (Lipinski definition) is 2. The Labute approximate surface area is 197 Å². The van der Waals surface area contributed by atoms with Crippen molar-refractivity contribution in [3.05, 3.63) is 83.3 Å². The van der Waals surface area contributed by atoms with Gasteiger partial charge in [0.2, 0.25) is 5.91 Å². The monoisotopic (exact) mass is 461 g/mol. The van der Waals surface area contributed by atoms with Gasteiger partial charge in [-0.1, -0.05) is 38.1 Å². The maximum atomic E-state index is 13.3. The summed E-state index contributed by atoms with van der Waals surface area (Å²) in [7, 11) is 0. The summed E-state index contributed by atoms with van der Waals surface area (Å²) in [6.45, 7) is 4.49. The number of furan rings is 1. The van der Waals surface area contributed by atoms with Crippen LogP contribution < -0.4 is 10.6 Å². The van der Waals surface area contributed by atoms with E-state index in [4.69, 9.17) is 9.40 Å². The molecule has 0 bridgehead atoms. The number of fused-ring (bicyclic) bond motifs is 1. The van der Waals surface area contributed by atoms with E-state index in [0.717, 1.165) is 33.6 Å². The average molecular weight is 462 g/mol. The van der Waals surface area contributed by atoms with Crippen LogP contribution in [-0.4, -0.2) is 16.8 Å². The first-order chi connectivity index (χ1) is 16.0. The standard InChI is InChI=1S/C26H27N3O3S/c1-3-26(4-2,16-23-29-20-11-5-6-13-22(20)33-23)25(31)27-17-18-9-7-10-19(15-18)28-24(30)21-12-8-14-32-21/h5-15H,3-4,16-17H2,1-2H3,(H,27,31)(H,28,30). The van der Waals surface area contributed by atoms with Crippen molar-refractivity contribution in [1.82, 2.24) is 10.3 Å². The van der Waals surface area contributed by atoms with E-state index in [-0.39, 0.29) is 17.6 Å². The van der Waals surface area contributed by atoms with Gasteiger partial charge in [-0.15, -0.1) is 11.3 Å². The molecule has 2 amide bonds. The molecule has 33 heavy (non-hydrogen) atoms. The highest BCUT2D eigenvalue weighted by Gasteiger charge is 2.36. The number of nitrogens with one attached hydrogen (secondary N) is 2. The predicted molar refractivity (Wildman–Crippen MR) is 131 cm³/mol. The molecule has 2 heterocycles. The Kier molecular flexibility index (Phi) is 6.89. The molecule has 0 saturated carbocycles. The number of nitrogens with zero attached hydrogens (tertiary/aromatic N) is 1. The normalized spacial score (nSPS) is 11.5. The molecule has 2 aromatic carbocycles. The molecular weight excluding hydrogens is 434 g/mol. The smallest absolute Gasteiger partial charge is 0.291 e. The van der Waals surface area contributed by atoms with Crippen LogP contribution in [0.1, 0.15) is 47.8 Å². The molecule has 0 unspecified atom stereocenters. The van der Waals surface area contributed by atoms with Crippen molar-refractivity contribution < 1.29 is 14.0 Å². The molecule has 4 rings (SSSR count). The maximum Gasteiger partial charge on any atom is 0.291 e. The van der Waals surface area contributed by atoms with Gasteiger partial charge in [-0.25, -0.2) is 4.98 Å². The first-order valence-corrected chi connectivity index (χ1v) is 11.9. The highest BCUT2D eigenvalue weighted by molar-refractivity contribution is 7.18. The Balaban J connectivity index is 1.43. The van der Waals surface area contributed by atoms with Gasteiger partial charge in [-0.05, 0) is 54.8 Å². The quantitative estimate of drug-likeness (QED) is 0.330. The summed E-state index contributed by atoms with van der Waals surface area (Å²) in [5.74, 6) is -0.0380. The van der Waals surface area contributed by atoms with Crippen LogP contribution in [0.3, 0.4) is 0 Å². The molecule has 0 fully saturated rings. The highest BCUT2D eigenvalue weighted by Crippen LogP contribution is 2.34. The summed E-state index contributed by atoms with van der Waals surface area (Å²) in [6, 6.07) is 18.8. The second-order valence-corrected chi connectivity index (χ2v) is 9.17. The number of carbonyl (C=O) groups excluding carboxylic acids is 2. The molecule has 0 atom stereocenters. The van der Waals surface area contributed by atoms with E-state index < -0.39 is 5.41 Å². The van der Waals surface area contributed by atoms with Gasteiger partial charge in [0.15, 0.2) is 5.76 Å². The second kappa shape index (κ2) is 10.0. The number of para-hydroxylation sites is 1. The summed E-state index contributed by atoms with van der Waals surface area (Å²) in [4.78, 5) is 30.3. The van der Waals surface area contributed by atoms with E-state index >= 15 is 0 Å². The molecule has 0 radical (unpaired) electrons. The van der Waals surface area contributed by atoms with Gasteiger partial charge in [0, 0.05) is 18.7 Å². The fraction of sp³-hybridized carbons (Fsp3) is 0.269. The van der Waals surface area contributed by atoms with Crippen LogP contribution >= 0.6 is 11.3 Å². The zero-order chi connectivity index (χ0) is 23.3. The maximum absolute atomic E-state index is 13.3. The van der Waals surface area contributed by atoms with Crippen molar-refractivity contribution in [2.75, 3.05) is 5.32 Å². The number of benzene rings is 2. The van der Waals surface area contributed by atoms with E-state index in [9.17, 15) is 9.59 Å². The molecule has 0 aliphatic rings. The molecule has 0 spiro atoms. The third-order valence-electron chi connectivity index (χ3n) is 6.05. The molecule has 7 heteroatoms. The lowest BCUT2D eigenvalue weighted by molar-refractivity contribution is -0.131. The van der Waals surface area contributed by atoms with E-state index in [0.29, 0.717) is 18.7 Å². The fourth-order valence-corrected chi connectivity index (χ4v) is 5.03. The Morgan fingerprint density at radius 2 is 1.85 bits per heavy atom. The van der Waals surface area contributed by atoms with Crippen LogP contribution in [0.15, 0.2) is 71.3 Å². The summed E-state index contributed by atoms with van der Waals surface area (Å²) in [6.07, 6.45) is 3.53. The molecule has 2 aromatic heterocycles. The largest absolute Gasteiger partial charge is 0.459 e. The van der Waals surface area contributed by atoms with Gasteiger partial charge in [0.05, 0.1) is 26.9 Å². The molecule has 0 saturated heterocycles. The zero-order valence-corrected chi connectivity index (χ0v) is 19.6. The van der Waals surface area contributed by atoms with Crippen LogP contribution in [0, 0.1) is 5.41 Å². The van der Waals surface area contributed by atoms with Gasteiger partial charge in [-0.2, -0.15) is 0 Å². The van der Waals surface area contributed by atoms with Crippen molar-refractivity contribution >= 4 is 39.1 Å². The SMILES string of the molecule is CCC(CC)(Cc1nc2ccccc2s1)C(=O)NCc1cccc(NC(=O)c2ccco2)c1. The lowest BCUT2D eigenvalue weighted by Crippen LogP contribution is -2.41. The molecule has 4 aromatic rings. The summed E-state index contributed by atoms with van der Waals surface area (Å²) < 4.78 is 6.27. The van der Waals surface area contributed by atoms with Crippen LogP contribution in [0.4, 0.5) is 5.69 Å². The number of aromatic nitrogens is 1. The lowest BCUT2D eigenvalue weighted by Gasteiger charge is -2.29. The minimum Gasteiger partial charge on any atom is -0.459 e. The Morgan fingerprint density at radius 1 is 1.03 bits per heavy atom. The van der Waals surface area contributed by atoms with Crippen molar-refractivity contribution in [3.63, 3.8) is 0 Å². The first-order valence-electron chi connectivity index (χ1n) is 11.1. The summed E-state index contributed by atoms with van der Waals surface area (Å²) in [5.41, 5.74) is 2.02. The minimum atomic E-state index is -0.515. The van der Waals surface area contributed by atoms with Crippen LogP contribution in [0.2, 0.25) is 0 Å². The second-order valence-electron chi connectivity index (χ2n) is 8.05. The van der Waals surface area contributed by atoms with Gasteiger partial charge < -0.3 is 15.1 Å². The van der Waals surface area contributed by atoms with Crippen molar-refractivity contribution in [1.29, 1.82) is 0 Å². The van der Waals surface area contributed by atoms with Gasteiger partial charge >= 0.3 is 0 Å². The fourth-order valence-electron chi connectivity index (χ4n) is 3.92. The topological polar surface area (TPSA) is 84.2 Å². The van der Waals surface area contributed by atoms with Crippen LogP contribution in [-0.2, 0) is 17.8 Å². The molecular formula is C26H27N3O3S. The van der Waals surface area contributed by atoms with Gasteiger partial charge in [-0.3, -0.25) is 9.59 Å². The van der Waals surface area contributed by atoms with Crippen molar-refractivity contribution in [3.8, 4) is 0 Å². The Morgan fingerprint density at radius 3 is 2.58 bits per heavy atom. The average Bonchev–Trinajstić information content (AvgIpc) is 3.51. The number of thiazole rings is 1. The van der Waals surface area contributed by atoms with E-state index in [1.165, 1.54) is 6.26 Å². The van der Waals surface area contributed by atoms with Gasteiger partial charge in [0.1, 0.15) is 0 Å². The number of carbonyl (C=O) groups is 2. The number of hydrogen-bond acceptors (Lipinski definition) is 5. The van der Waals surface area contributed by atoms with E-state index in [1.54, 1.807) is 23.5 Å². The third-order valence-corrected chi connectivity index (χ3v) is 7.08. The summed E-state index contributed by atoms with van der Waals surface area (Å²) in [5, 5.41) is 6.91. The number of amides is 2. The van der Waals surface area contributed by atoms with E-state index in [1.807, 2.05) is 42.5 Å². The first kappa shape index (κ1) is 22.7. The lowest BCUT2D eigenvalue weighted by atomic mass is 9.78. The van der Waals surface area contributed by atoms with E-state index in [2.05, 4.69) is 30.5 Å². The molecule has 6 nitrogen and oxygen atoms in total.